The number of nitrogens with one attached hydrogen (secondary N) is 9. The number of hydrogen-bond donors (Lipinski definition) is 9. The molecule has 8 aromatic rings. The number of hydroxylamine groups is 1. The Balaban J connectivity index is 0.000000256. The third-order valence-electron chi connectivity index (χ3n) is 16.5. The highest BCUT2D eigenvalue weighted by Crippen LogP contribution is 2.24. The third kappa shape index (κ3) is 31.8. The molecule has 0 radical (unpaired) electrons. The monoisotopic (exact) mass is 1540 g/mol. The summed E-state index contributed by atoms with van der Waals surface area (Å²) in [6, 6.07) is 58.8. The molecule has 21 nitrogen and oxygen atoms in total. The number of urea groups is 2. The second-order valence-corrected chi connectivity index (χ2v) is 27.8. The molecule has 0 atom stereocenters. The van der Waals surface area contributed by atoms with Crippen molar-refractivity contribution in [1.29, 1.82) is 0 Å². The molecule has 10 amide bonds. The second kappa shape index (κ2) is 45.4. The molecule has 8 aromatic carbocycles. The smallest absolute Gasteiger partial charge is 0.411 e. The number of carbonyl (C=O) groups is 8. The van der Waals surface area contributed by atoms with Gasteiger partial charge in [-0.05, 0) is 177 Å². The van der Waals surface area contributed by atoms with Crippen LogP contribution < -0.4 is 52.9 Å². The molecule has 0 saturated heterocycles. The highest BCUT2D eigenvalue weighted by molar-refractivity contribution is 6.32. The lowest BCUT2D eigenvalue weighted by atomic mass is 9.88. The zero-order valence-electron chi connectivity index (χ0n) is 62.2. The molecule has 0 aromatic heterocycles. The minimum Gasteiger partial charge on any atom is -0.448 e. The van der Waals surface area contributed by atoms with E-state index in [1.54, 1.807) is 64.1 Å². The van der Waals surface area contributed by atoms with Crippen LogP contribution in [0.4, 0.5) is 41.9 Å². The van der Waals surface area contributed by atoms with E-state index < -0.39 is 34.6 Å². The highest BCUT2D eigenvalue weighted by Gasteiger charge is 2.31. The van der Waals surface area contributed by atoms with Crippen molar-refractivity contribution in [2.75, 3.05) is 47.4 Å². The van der Waals surface area contributed by atoms with Crippen molar-refractivity contribution in [2.24, 2.45) is 10.8 Å². The summed E-state index contributed by atoms with van der Waals surface area (Å²) in [5, 5.41) is 28.3. The van der Waals surface area contributed by atoms with Crippen LogP contribution in [0, 0.1) is 10.8 Å². The van der Waals surface area contributed by atoms with Gasteiger partial charge in [-0.2, -0.15) is 5.06 Å². The standard InChI is InChI=1S/C22H28ClN3O2.C21H25ClN2O3.C20H24ClN3O2.C19H21ClN2O4/c1-4-16-9-11-18(12-10-16)26-21(28)24-14-13-22(2,3)20(27)25-15-17-7-5-6-8-19(17)23;1-4-15-9-11-17(12-10-15)24-20(26)27-14-21(2,3)19(25)23-13-16-7-5-6-8-18(16)22;1-4-14-9-11-16(12-10-14)23-19(26)24-20(2,3)18(25)22-13-15-7-5-6-8-17(15)21;1-2-15-7-9-17(10-8-15)22(14-23)26-12-11-25-19(24)21-13-16-5-3-4-6-18(16)20/h5-12H,4,13-15H2,1-3H3,(H,25,27)(H2,24,26,28);5-12H,4,13-14H2,1-3H3,(H,23,25)(H,24,26);5-12H,4,13H2,1-3H3,(H,22,25)(H2,23,24,26);3-10,14H,2,11-13H2,1H3,(H,21,24). The lowest BCUT2D eigenvalue weighted by molar-refractivity contribution is -0.131. The molecular formula is C82H98Cl4N10O11. The number of alkyl carbamates (subject to hydrolysis) is 1. The van der Waals surface area contributed by atoms with Gasteiger partial charge in [-0.15, -0.1) is 0 Å². The van der Waals surface area contributed by atoms with Gasteiger partial charge in [0.1, 0.15) is 25.4 Å². The Morgan fingerprint density at radius 1 is 0.393 bits per heavy atom. The maximum atomic E-state index is 12.5. The summed E-state index contributed by atoms with van der Waals surface area (Å²) in [5.74, 6) is -0.596. The van der Waals surface area contributed by atoms with Crippen LogP contribution in [-0.2, 0) is 85.4 Å². The number of amides is 10. The van der Waals surface area contributed by atoms with Gasteiger partial charge in [0.15, 0.2) is 0 Å². The quantitative estimate of drug-likeness (QED) is 0.0116. The molecule has 570 valence electrons. The van der Waals surface area contributed by atoms with Crippen molar-refractivity contribution < 1.29 is 52.7 Å². The number of hydrogen-bond acceptors (Lipinski definition) is 11. The first-order chi connectivity index (χ1) is 51.1. The number of ether oxygens (including phenoxy) is 2. The van der Waals surface area contributed by atoms with Crippen molar-refractivity contribution in [3.8, 4) is 0 Å². The van der Waals surface area contributed by atoms with Crippen molar-refractivity contribution >= 4 is 118 Å². The topological polar surface area (TPSA) is 276 Å². The van der Waals surface area contributed by atoms with E-state index in [4.69, 9.17) is 60.7 Å². The van der Waals surface area contributed by atoms with Crippen LogP contribution in [0.25, 0.3) is 0 Å². The van der Waals surface area contributed by atoms with Crippen LogP contribution in [0.2, 0.25) is 20.1 Å². The molecular weight excluding hydrogens is 1440 g/mol. The number of anilines is 4. The Morgan fingerprint density at radius 2 is 0.748 bits per heavy atom. The van der Waals surface area contributed by atoms with E-state index in [2.05, 4.69) is 75.5 Å². The summed E-state index contributed by atoms with van der Waals surface area (Å²) in [6.45, 7) is 20.4. The predicted octanol–water partition coefficient (Wildman–Crippen LogP) is 17.4. The van der Waals surface area contributed by atoms with Crippen LogP contribution in [0.1, 0.15) is 120 Å². The number of halogens is 4. The summed E-state index contributed by atoms with van der Waals surface area (Å²) in [6.07, 6.45) is 3.65. The van der Waals surface area contributed by atoms with Crippen molar-refractivity contribution in [3.63, 3.8) is 0 Å². The SMILES string of the molecule is CCc1ccc(N(C=O)OCCOC(=O)NCc2ccccc2Cl)cc1.CCc1ccc(NC(=O)NC(C)(C)C(=O)NCc2ccccc2Cl)cc1.CCc1ccc(NC(=O)NCCC(C)(C)C(=O)NCc2ccccc2Cl)cc1.CCc1ccc(NC(=O)OCC(C)(C)C(=O)NCc2ccccc2Cl)cc1. The number of aryl methyl sites for hydroxylation is 4. The molecule has 0 saturated carbocycles. The summed E-state index contributed by atoms with van der Waals surface area (Å²) in [5.41, 5.74) is 8.20. The van der Waals surface area contributed by atoms with Gasteiger partial charge in [0.05, 0.1) is 11.1 Å². The van der Waals surface area contributed by atoms with Gasteiger partial charge in [-0.1, -0.05) is 209 Å². The van der Waals surface area contributed by atoms with Gasteiger partial charge in [-0.25, -0.2) is 19.2 Å². The van der Waals surface area contributed by atoms with Crippen LogP contribution >= 0.6 is 46.4 Å². The Hall–Kier alpha value is -10.2. The molecule has 25 heteroatoms. The Morgan fingerprint density at radius 3 is 1.14 bits per heavy atom. The lowest BCUT2D eigenvalue weighted by Crippen LogP contribution is -2.55. The van der Waals surface area contributed by atoms with E-state index in [0.717, 1.165) is 64.3 Å². The van der Waals surface area contributed by atoms with Gasteiger partial charge in [0, 0.05) is 75.3 Å². The lowest BCUT2D eigenvalue weighted by Gasteiger charge is -2.25. The molecule has 0 aliphatic rings. The predicted molar refractivity (Wildman–Crippen MR) is 428 cm³/mol. The van der Waals surface area contributed by atoms with E-state index in [9.17, 15) is 38.4 Å². The van der Waals surface area contributed by atoms with E-state index in [1.165, 1.54) is 16.7 Å². The number of nitrogens with zero attached hydrogens (tertiary/aromatic N) is 1. The zero-order valence-corrected chi connectivity index (χ0v) is 65.2. The van der Waals surface area contributed by atoms with Gasteiger partial charge in [-0.3, -0.25) is 29.3 Å². The van der Waals surface area contributed by atoms with Crippen LogP contribution in [-0.4, -0.2) is 80.3 Å². The fraction of sp³-hybridized carbons (Fsp3) is 0.317. The highest BCUT2D eigenvalue weighted by atomic mass is 35.5. The van der Waals surface area contributed by atoms with Crippen molar-refractivity contribution in [1.82, 2.24) is 31.9 Å². The molecule has 0 unspecified atom stereocenters. The maximum absolute atomic E-state index is 12.5. The molecule has 0 heterocycles. The van der Waals surface area contributed by atoms with Gasteiger partial charge >= 0.3 is 24.2 Å². The Kier molecular flexibility index (Phi) is 37.1. The van der Waals surface area contributed by atoms with Gasteiger partial charge in [0.2, 0.25) is 24.1 Å². The van der Waals surface area contributed by atoms with E-state index in [-0.39, 0.29) is 50.1 Å². The van der Waals surface area contributed by atoms with Gasteiger partial charge < -0.3 is 52.0 Å². The van der Waals surface area contributed by atoms with Crippen LogP contribution in [0.5, 0.6) is 0 Å². The Bertz CT molecular complexity index is 4150. The summed E-state index contributed by atoms with van der Waals surface area (Å²) >= 11 is 24.3. The number of rotatable bonds is 30. The molecule has 0 aliphatic heterocycles. The molecule has 0 spiro atoms. The minimum absolute atomic E-state index is 0.00569. The molecule has 0 bridgehead atoms. The normalized spacial score (nSPS) is 10.8. The second-order valence-electron chi connectivity index (χ2n) is 26.1. The van der Waals surface area contributed by atoms with Crippen molar-refractivity contribution in [2.45, 2.75) is 133 Å². The average molecular weight is 1540 g/mol. The van der Waals surface area contributed by atoms with Crippen LogP contribution in [0.15, 0.2) is 194 Å². The first kappa shape index (κ1) is 87.5. The Labute approximate surface area is 648 Å². The number of carbonyl (C=O) groups excluding carboxylic acids is 8. The molecule has 8 rings (SSSR count). The van der Waals surface area contributed by atoms with Crippen LogP contribution in [0.3, 0.4) is 0 Å². The fourth-order valence-electron chi connectivity index (χ4n) is 9.54. The molecule has 0 aliphatic carbocycles. The van der Waals surface area contributed by atoms with E-state index in [0.29, 0.717) is 76.2 Å². The first-order valence-electron chi connectivity index (χ1n) is 35.1. The maximum Gasteiger partial charge on any atom is 0.411 e. The molecule has 9 N–H and O–H groups in total. The molecule has 0 fully saturated rings. The largest absolute Gasteiger partial charge is 0.448 e. The summed E-state index contributed by atoms with van der Waals surface area (Å²) in [7, 11) is 0. The third-order valence-corrected chi connectivity index (χ3v) is 18.0. The molecule has 107 heavy (non-hydrogen) atoms. The average Bonchev–Trinajstić information content (AvgIpc) is 0.858. The van der Waals surface area contributed by atoms with Gasteiger partial charge in [0.25, 0.3) is 0 Å². The summed E-state index contributed by atoms with van der Waals surface area (Å²) in [4.78, 5) is 102. The summed E-state index contributed by atoms with van der Waals surface area (Å²) < 4.78 is 10.2. The van der Waals surface area contributed by atoms with E-state index in [1.807, 2.05) is 172 Å². The number of benzene rings is 8. The van der Waals surface area contributed by atoms with Crippen molar-refractivity contribution in [3.05, 3.63) is 259 Å². The first-order valence-corrected chi connectivity index (χ1v) is 36.6. The fourth-order valence-corrected chi connectivity index (χ4v) is 10.4. The van der Waals surface area contributed by atoms with E-state index >= 15 is 0 Å². The zero-order chi connectivity index (χ0) is 78.4. The minimum atomic E-state index is -1.07.